The maximum absolute atomic E-state index is 12.0. The van der Waals surface area contributed by atoms with Gasteiger partial charge in [-0.25, -0.2) is 0 Å². The van der Waals surface area contributed by atoms with Crippen LogP contribution in [0.3, 0.4) is 0 Å². The molecule has 1 amide bonds. The number of ether oxygens (including phenoxy) is 1. The molecule has 2 atom stereocenters. The van der Waals surface area contributed by atoms with Gasteiger partial charge < -0.3 is 9.64 Å². The zero-order valence-corrected chi connectivity index (χ0v) is 10.8. The van der Waals surface area contributed by atoms with Crippen molar-refractivity contribution >= 4 is 5.91 Å². The van der Waals surface area contributed by atoms with Crippen LogP contribution in [-0.4, -0.2) is 43.8 Å². The van der Waals surface area contributed by atoms with Crippen LogP contribution in [0.2, 0.25) is 0 Å². The fourth-order valence-corrected chi connectivity index (χ4v) is 2.13. The third-order valence-corrected chi connectivity index (χ3v) is 2.83. The Bertz CT molecular complexity index is 231. The zero-order valence-electron chi connectivity index (χ0n) is 10.8. The van der Waals surface area contributed by atoms with Gasteiger partial charge in [-0.3, -0.25) is 10.1 Å². The summed E-state index contributed by atoms with van der Waals surface area (Å²) in [7, 11) is 1.70. The summed E-state index contributed by atoms with van der Waals surface area (Å²) in [4.78, 5) is 13.9. The smallest absolute Gasteiger partial charge is 0.240 e. The molecule has 0 radical (unpaired) electrons. The highest BCUT2D eigenvalue weighted by Gasteiger charge is 2.31. The van der Waals surface area contributed by atoms with E-state index in [1.807, 2.05) is 4.90 Å². The topological polar surface area (TPSA) is 41.6 Å². The lowest BCUT2D eigenvalue weighted by Gasteiger charge is -2.20. The number of carbonyl (C=O) groups excluding carboxylic acids is 1. The molecule has 0 aromatic carbocycles. The molecular weight excluding hydrogens is 204 g/mol. The number of hydrogen-bond acceptors (Lipinski definition) is 3. The first-order valence-corrected chi connectivity index (χ1v) is 6.05. The number of rotatable bonds is 6. The number of nitrogens with zero attached hydrogens (tertiary/aromatic N) is 1. The minimum Gasteiger partial charge on any atom is -0.384 e. The summed E-state index contributed by atoms with van der Waals surface area (Å²) < 4.78 is 5.08. The normalized spacial score (nSPS) is 23.2. The zero-order chi connectivity index (χ0) is 12.1. The van der Waals surface area contributed by atoms with E-state index >= 15 is 0 Å². The van der Waals surface area contributed by atoms with Gasteiger partial charge in [0.15, 0.2) is 0 Å². The number of amides is 1. The molecule has 0 spiro atoms. The molecule has 4 nitrogen and oxygen atoms in total. The van der Waals surface area contributed by atoms with Gasteiger partial charge in [0.25, 0.3) is 0 Å². The Morgan fingerprint density at radius 3 is 2.75 bits per heavy atom. The second-order valence-electron chi connectivity index (χ2n) is 5.17. The molecule has 1 rings (SSSR count). The lowest BCUT2D eigenvalue weighted by Crippen LogP contribution is -2.34. The summed E-state index contributed by atoms with van der Waals surface area (Å²) in [5.74, 6) is 1.20. The molecule has 1 fully saturated rings. The van der Waals surface area contributed by atoms with Crippen LogP contribution in [-0.2, 0) is 9.53 Å². The average molecular weight is 228 g/mol. The van der Waals surface area contributed by atoms with Gasteiger partial charge in [-0.1, -0.05) is 20.8 Å². The van der Waals surface area contributed by atoms with E-state index in [1.165, 1.54) is 0 Å². The molecule has 0 aliphatic carbocycles. The fraction of sp³-hybridized carbons (Fsp3) is 0.917. The van der Waals surface area contributed by atoms with Crippen molar-refractivity contribution in [3.63, 3.8) is 0 Å². The van der Waals surface area contributed by atoms with Gasteiger partial charge >= 0.3 is 0 Å². The first-order valence-electron chi connectivity index (χ1n) is 6.05. The second kappa shape index (κ2) is 6.21. The maximum Gasteiger partial charge on any atom is 0.240 e. The lowest BCUT2D eigenvalue weighted by atomic mass is 10.0. The summed E-state index contributed by atoms with van der Waals surface area (Å²) in [6.07, 6.45) is 0.925. The predicted molar refractivity (Wildman–Crippen MR) is 64.0 cm³/mol. The molecule has 0 bridgehead atoms. The van der Waals surface area contributed by atoms with Crippen molar-refractivity contribution < 1.29 is 9.53 Å². The van der Waals surface area contributed by atoms with Gasteiger partial charge in [-0.2, -0.15) is 0 Å². The highest BCUT2D eigenvalue weighted by molar-refractivity contribution is 5.83. The SMILES string of the molecule is COCC(C)CN1CNC(CC(C)C)C1=O. The molecule has 1 N–H and O–H groups in total. The molecule has 0 aromatic rings. The quantitative estimate of drug-likeness (QED) is 0.739. The fourth-order valence-electron chi connectivity index (χ4n) is 2.13. The Hall–Kier alpha value is -0.610. The van der Waals surface area contributed by atoms with Gasteiger partial charge in [-0.05, 0) is 18.3 Å². The number of nitrogens with one attached hydrogen (secondary N) is 1. The molecule has 2 unspecified atom stereocenters. The van der Waals surface area contributed by atoms with Gasteiger partial charge in [0, 0.05) is 13.7 Å². The van der Waals surface area contributed by atoms with Crippen LogP contribution in [0.1, 0.15) is 27.2 Å². The maximum atomic E-state index is 12.0. The van der Waals surface area contributed by atoms with E-state index in [9.17, 15) is 4.79 Å². The summed E-state index contributed by atoms with van der Waals surface area (Å²) in [5.41, 5.74) is 0. The Morgan fingerprint density at radius 1 is 1.50 bits per heavy atom. The molecular formula is C12H24N2O2. The van der Waals surface area contributed by atoms with E-state index in [0.29, 0.717) is 25.1 Å². The Morgan fingerprint density at radius 2 is 2.19 bits per heavy atom. The lowest BCUT2D eigenvalue weighted by molar-refractivity contribution is -0.129. The standard InChI is InChI=1S/C12H24N2O2/c1-9(2)5-11-12(15)14(8-13-11)6-10(3)7-16-4/h9-11,13H,5-8H2,1-4H3. The summed E-state index contributed by atoms with van der Waals surface area (Å²) in [6.45, 7) is 8.57. The first-order chi connectivity index (χ1) is 7.54. The van der Waals surface area contributed by atoms with Crippen LogP contribution in [0.5, 0.6) is 0 Å². The molecule has 1 heterocycles. The van der Waals surface area contributed by atoms with Crippen LogP contribution < -0.4 is 5.32 Å². The third kappa shape index (κ3) is 3.76. The summed E-state index contributed by atoms with van der Waals surface area (Å²) in [6, 6.07) is 0.0229. The van der Waals surface area contributed by atoms with E-state index in [0.717, 1.165) is 13.0 Å². The van der Waals surface area contributed by atoms with Gasteiger partial charge in [0.05, 0.1) is 19.3 Å². The van der Waals surface area contributed by atoms with E-state index in [2.05, 4.69) is 26.1 Å². The van der Waals surface area contributed by atoms with Gasteiger partial charge in [0.2, 0.25) is 5.91 Å². The van der Waals surface area contributed by atoms with Crippen molar-refractivity contribution in [3.05, 3.63) is 0 Å². The molecule has 1 aliphatic rings. The van der Waals surface area contributed by atoms with E-state index in [4.69, 9.17) is 4.74 Å². The molecule has 1 saturated heterocycles. The molecule has 0 aromatic heterocycles. The Balaban J connectivity index is 2.38. The Kier molecular flexibility index (Phi) is 5.22. The molecule has 4 heteroatoms. The number of carbonyl (C=O) groups is 1. The highest BCUT2D eigenvalue weighted by atomic mass is 16.5. The molecule has 1 aliphatic heterocycles. The number of methoxy groups -OCH3 is 1. The van der Waals surface area contributed by atoms with Crippen molar-refractivity contribution in [3.8, 4) is 0 Å². The average Bonchev–Trinajstić information content (AvgIpc) is 2.50. The van der Waals surface area contributed by atoms with Gasteiger partial charge in [-0.15, -0.1) is 0 Å². The monoisotopic (exact) mass is 228 g/mol. The second-order valence-corrected chi connectivity index (χ2v) is 5.17. The summed E-state index contributed by atoms with van der Waals surface area (Å²) >= 11 is 0. The van der Waals surface area contributed by atoms with Crippen LogP contribution in [0.15, 0.2) is 0 Å². The van der Waals surface area contributed by atoms with Crippen LogP contribution in [0.25, 0.3) is 0 Å². The third-order valence-electron chi connectivity index (χ3n) is 2.83. The van der Waals surface area contributed by atoms with E-state index in [-0.39, 0.29) is 11.9 Å². The minimum absolute atomic E-state index is 0.0229. The van der Waals surface area contributed by atoms with Crippen molar-refractivity contribution in [2.45, 2.75) is 33.2 Å². The van der Waals surface area contributed by atoms with Crippen molar-refractivity contribution in [1.29, 1.82) is 0 Å². The Labute approximate surface area is 98.3 Å². The summed E-state index contributed by atoms with van der Waals surface area (Å²) in [5, 5.41) is 3.27. The van der Waals surface area contributed by atoms with Crippen molar-refractivity contribution in [2.24, 2.45) is 11.8 Å². The van der Waals surface area contributed by atoms with Crippen LogP contribution in [0, 0.1) is 11.8 Å². The minimum atomic E-state index is 0.0229. The van der Waals surface area contributed by atoms with Crippen LogP contribution >= 0.6 is 0 Å². The van der Waals surface area contributed by atoms with E-state index < -0.39 is 0 Å². The molecule has 16 heavy (non-hydrogen) atoms. The molecule has 0 saturated carbocycles. The van der Waals surface area contributed by atoms with Crippen LogP contribution in [0.4, 0.5) is 0 Å². The van der Waals surface area contributed by atoms with Crippen molar-refractivity contribution in [2.75, 3.05) is 26.9 Å². The largest absolute Gasteiger partial charge is 0.384 e. The molecule has 94 valence electrons. The predicted octanol–water partition coefficient (Wildman–Crippen LogP) is 1.07. The van der Waals surface area contributed by atoms with E-state index in [1.54, 1.807) is 7.11 Å². The first kappa shape index (κ1) is 13.5. The highest BCUT2D eigenvalue weighted by Crippen LogP contribution is 2.14. The van der Waals surface area contributed by atoms with Gasteiger partial charge in [0.1, 0.15) is 0 Å². The number of hydrogen-bond donors (Lipinski definition) is 1. The van der Waals surface area contributed by atoms with Crippen molar-refractivity contribution in [1.82, 2.24) is 10.2 Å².